The minimum absolute atomic E-state index is 0.192. The van der Waals surface area contributed by atoms with Crippen LogP contribution in [0.1, 0.15) is 10.5 Å². The van der Waals surface area contributed by atoms with Crippen molar-refractivity contribution in [2.24, 2.45) is 0 Å². The summed E-state index contributed by atoms with van der Waals surface area (Å²) in [5.74, 6) is -0.968. The second-order valence-corrected chi connectivity index (χ2v) is 3.51. The van der Waals surface area contributed by atoms with Crippen LogP contribution < -0.4 is 0 Å². The van der Waals surface area contributed by atoms with E-state index in [0.717, 1.165) is 5.56 Å². The third-order valence-corrected chi connectivity index (χ3v) is 2.37. The topological polar surface area (TPSA) is 53.1 Å². The Labute approximate surface area is 91.3 Å². The number of H-pyrrole nitrogens is 1. The van der Waals surface area contributed by atoms with Gasteiger partial charge in [-0.3, -0.25) is 0 Å². The number of hydrogen-bond acceptors (Lipinski definition) is 1. The molecule has 1 aromatic heterocycles. The second kappa shape index (κ2) is 3.79. The van der Waals surface area contributed by atoms with Gasteiger partial charge in [0.05, 0.1) is 0 Å². The summed E-state index contributed by atoms with van der Waals surface area (Å²) in [7, 11) is 0. The number of rotatable bonds is 2. The van der Waals surface area contributed by atoms with Crippen molar-refractivity contribution in [1.29, 1.82) is 0 Å². The molecular formula is C11H8ClNO2. The summed E-state index contributed by atoms with van der Waals surface area (Å²) in [5, 5.41) is 9.54. The molecule has 0 saturated heterocycles. The van der Waals surface area contributed by atoms with Crippen molar-refractivity contribution >= 4 is 17.6 Å². The Morgan fingerprint density at radius 3 is 2.47 bits per heavy atom. The fourth-order valence-corrected chi connectivity index (χ4v) is 1.54. The number of benzene rings is 1. The molecule has 0 fully saturated rings. The predicted molar refractivity (Wildman–Crippen MR) is 58.2 cm³/mol. The fourth-order valence-electron chi connectivity index (χ4n) is 1.42. The number of hydrogen-bond donors (Lipinski definition) is 2. The number of carbonyl (C=O) groups is 1. The van der Waals surface area contributed by atoms with Gasteiger partial charge in [0.1, 0.15) is 5.69 Å². The molecule has 0 spiro atoms. The lowest BCUT2D eigenvalue weighted by Crippen LogP contribution is -1.98. The summed E-state index contributed by atoms with van der Waals surface area (Å²) in [4.78, 5) is 13.6. The second-order valence-electron chi connectivity index (χ2n) is 3.08. The van der Waals surface area contributed by atoms with Crippen molar-refractivity contribution in [3.05, 3.63) is 47.2 Å². The largest absolute Gasteiger partial charge is 0.477 e. The molecule has 0 unspecified atom stereocenters. The van der Waals surface area contributed by atoms with Gasteiger partial charge in [-0.1, -0.05) is 23.7 Å². The number of nitrogens with one attached hydrogen (secondary N) is 1. The average molecular weight is 222 g/mol. The Morgan fingerprint density at radius 1 is 1.20 bits per heavy atom. The Kier molecular flexibility index (Phi) is 2.47. The number of carboxylic acid groups (broad SMARTS) is 1. The van der Waals surface area contributed by atoms with Gasteiger partial charge in [0, 0.05) is 16.8 Å². The lowest BCUT2D eigenvalue weighted by molar-refractivity contribution is 0.0692. The zero-order valence-electron chi connectivity index (χ0n) is 7.70. The third-order valence-electron chi connectivity index (χ3n) is 2.12. The van der Waals surface area contributed by atoms with E-state index in [-0.39, 0.29) is 5.69 Å². The molecule has 0 radical (unpaired) electrons. The van der Waals surface area contributed by atoms with Gasteiger partial charge in [0.15, 0.2) is 0 Å². The highest BCUT2D eigenvalue weighted by Gasteiger charge is 2.12. The molecule has 0 aliphatic carbocycles. The van der Waals surface area contributed by atoms with Crippen LogP contribution in [0.5, 0.6) is 0 Å². The van der Waals surface area contributed by atoms with Gasteiger partial charge in [-0.2, -0.15) is 0 Å². The lowest BCUT2D eigenvalue weighted by Gasteiger charge is -2.00. The van der Waals surface area contributed by atoms with Gasteiger partial charge in [-0.15, -0.1) is 0 Å². The molecule has 0 saturated carbocycles. The quantitative estimate of drug-likeness (QED) is 0.819. The monoisotopic (exact) mass is 221 g/mol. The molecule has 0 amide bonds. The van der Waals surface area contributed by atoms with E-state index < -0.39 is 5.97 Å². The molecule has 0 aliphatic heterocycles. The molecule has 2 aromatic rings. The van der Waals surface area contributed by atoms with E-state index in [9.17, 15) is 4.79 Å². The third kappa shape index (κ3) is 1.87. The van der Waals surface area contributed by atoms with Crippen LogP contribution in [0.4, 0.5) is 0 Å². The van der Waals surface area contributed by atoms with Crippen LogP contribution in [0.3, 0.4) is 0 Å². The zero-order chi connectivity index (χ0) is 10.8. The minimum atomic E-state index is -0.968. The molecular weight excluding hydrogens is 214 g/mol. The minimum Gasteiger partial charge on any atom is -0.477 e. The molecule has 1 aromatic carbocycles. The van der Waals surface area contributed by atoms with Crippen LogP contribution in [0.15, 0.2) is 36.5 Å². The maximum absolute atomic E-state index is 10.9. The number of halogens is 1. The van der Waals surface area contributed by atoms with E-state index in [2.05, 4.69) is 4.98 Å². The first-order valence-electron chi connectivity index (χ1n) is 4.35. The number of aromatic carboxylic acids is 1. The molecule has 15 heavy (non-hydrogen) atoms. The highest BCUT2D eigenvalue weighted by atomic mass is 35.5. The maximum atomic E-state index is 10.9. The molecule has 1 heterocycles. The summed E-state index contributed by atoms with van der Waals surface area (Å²) in [6.45, 7) is 0. The molecule has 0 aliphatic rings. The Balaban J connectivity index is 2.49. The highest BCUT2D eigenvalue weighted by molar-refractivity contribution is 6.30. The van der Waals surface area contributed by atoms with Gasteiger partial charge in [-0.25, -0.2) is 4.79 Å². The van der Waals surface area contributed by atoms with Crippen molar-refractivity contribution in [2.45, 2.75) is 0 Å². The van der Waals surface area contributed by atoms with Gasteiger partial charge in [-0.05, 0) is 23.8 Å². The maximum Gasteiger partial charge on any atom is 0.352 e. The number of carboxylic acids is 1. The van der Waals surface area contributed by atoms with Crippen molar-refractivity contribution in [2.75, 3.05) is 0 Å². The molecule has 4 heteroatoms. The number of aromatic amines is 1. The van der Waals surface area contributed by atoms with Crippen LogP contribution in [0.2, 0.25) is 5.02 Å². The van der Waals surface area contributed by atoms with Crippen LogP contribution in [0.25, 0.3) is 11.1 Å². The van der Waals surface area contributed by atoms with Crippen LogP contribution in [0, 0.1) is 0 Å². The molecule has 3 nitrogen and oxygen atoms in total. The normalized spacial score (nSPS) is 10.2. The summed E-state index contributed by atoms with van der Waals surface area (Å²) in [6, 6.07) is 8.77. The lowest BCUT2D eigenvalue weighted by atomic mass is 10.1. The SMILES string of the molecule is O=C(O)c1[nH]ccc1-c1ccc(Cl)cc1. The van der Waals surface area contributed by atoms with Crippen LogP contribution >= 0.6 is 11.6 Å². The zero-order valence-corrected chi connectivity index (χ0v) is 8.45. The Morgan fingerprint density at radius 2 is 1.87 bits per heavy atom. The summed E-state index contributed by atoms with van der Waals surface area (Å²) >= 11 is 5.75. The highest BCUT2D eigenvalue weighted by Crippen LogP contribution is 2.24. The standard InChI is InChI=1S/C11H8ClNO2/c12-8-3-1-7(2-4-8)9-5-6-13-10(9)11(14)15/h1-6,13H,(H,14,15). The van der Waals surface area contributed by atoms with Crippen molar-refractivity contribution in [1.82, 2.24) is 4.98 Å². The summed E-state index contributed by atoms with van der Waals surface area (Å²) in [6.07, 6.45) is 1.60. The molecule has 76 valence electrons. The number of aromatic nitrogens is 1. The first-order chi connectivity index (χ1) is 7.18. The van der Waals surface area contributed by atoms with Gasteiger partial charge in [0.2, 0.25) is 0 Å². The smallest absolute Gasteiger partial charge is 0.352 e. The first kappa shape index (κ1) is 9.80. The average Bonchev–Trinajstić information content (AvgIpc) is 2.67. The van der Waals surface area contributed by atoms with E-state index in [1.807, 2.05) is 0 Å². The molecule has 2 rings (SSSR count). The van der Waals surface area contributed by atoms with E-state index in [1.165, 1.54) is 0 Å². The van der Waals surface area contributed by atoms with E-state index in [0.29, 0.717) is 10.6 Å². The van der Waals surface area contributed by atoms with Crippen molar-refractivity contribution in [3.63, 3.8) is 0 Å². The van der Waals surface area contributed by atoms with Gasteiger partial charge < -0.3 is 10.1 Å². The van der Waals surface area contributed by atoms with Crippen molar-refractivity contribution in [3.8, 4) is 11.1 Å². The van der Waals surface area contributed by atoms with Gasteiger partial charge in [0.25, 0.3) is 0 Å². The van der Waals surface area contributed by atoms with E-state index >= 15 is 0 Å². The van der Waals surface area contributed by atoms with E-state index in [1.54, 1.807) is 36.5 Å². The molecule has 0 bridgehead atoms. The Hall–Kier alpha value is -1.74. The Bertz CT molecular complexity index is 488. The predicted octanol–water partition coefficient (Wildman–Crippen LogP) is 3.03. The van der Waals surface area contributed by atoms with Gasteiger partial charge >= 0.3 is 5.97 Å². The van der Waals surface area contributed by atoms with Crippen LogP contribution in [-0.2, 0) is 0 Å². The molecule has 0 atom stereocenters. The molecule has 2 N–H and O–H groups in total. The van der Waals surface area contributed by atoms with Crippen LogP contribution in [-0.4, -0.2) is 16.1 Å². The summed E-state index contributed by atoms with van der Waals surface area (Å²) < 4.78 is 0. The van der Waals surface area contributed by atoms with E-state index in [4.69, 9.17) is 16.7 Å². The van der Waals surface area contributed by atoms with Crippen molar-refractivity contribution < 1.29 is 9.90 Å². The first-order valence-corrected chi connectivity index (χ1v) is 4.73. The summed E-state index contributed by atoms with van der Waals surface area (Å²) in [5.41, 5.74) is 1.69. The fraction of sp³-hybridized carbons (Fsp3) is 0.